The number of rotatable bonds is 5. The molecule has 0 spiro atoms. The number of halogens is 1. The first-order valence-electron chi connectivity index (χ1n) is 11.5. The van der Waals surface area contributed by atoms with Crippen molar-refractivity contribution in [2.24, 2.45) is 5.73 Å². The van der Waals surface area contributed by atoms with Gasteiger partial charge in [-0.3, -0.25) is 14.4 Å². The molecule has 11 nitrogen and oxygen atoms in total. The fourth-order valence-corrected chi connectivity index (χ4v) is 3.66. The maximum Gasteiger partial charge on any atom is 0.303 e. The summed E-state index contributed by atoms with van der Waals surface area (Å²) < 4.78 is 18.7. The number of aliphatic hydroxyl groups excluding tert-OH is 3. The quantitative estimate of drug-likeness (QED) is 0.347. The number of ether oxygens (including phenoxy) is 1. The van der Waals surface area contributed by atoms with Gasteiger partial charge in [-0.25, -0.2) is 4.39 Å². The van der Waals surface area contributed by atoms with Crippen LogP contribution in [0.1, 0.15) is 36.0 Å². The fraction of sp³-hybridized carbons (Fsp3) is 0.609. The summed E-state index contributed by atoms with van der Waals surface area (Å²) in [7, 11) is 0. The minimum absolute atomic E-state index is 0.0266. The molecule has 1 aliphatic rings. The molecule has 0 radical (unpaired) electrons. The molecule has 35 heavy (non-hydrogen) atoms. The molecule has 0 aliphatic carbocycles. The highest BCUT2D eigenvalue weighted by atomic mass is 19.1. The topological polar surface area (TPSA) is 174 Å². The summed E-state index contributed by atoms with van der Waals surface area (Å²) in [4.78, 5) is 39.5. The van der Waals surface area contributed by atoms with Crippen LogP contribution >= 0.6 is 0 Å². The van der Waals surface area contributed by atoms with Gasteiger partial charge in [0.2, 0.25) is 5.91 Å². The Morgan fingerprint density at radius 3 is 2.34 bits per heavy atom. The first-order valence-corrected chi connectivity index (χ1v) is 11.5. The lowest BCUT2D eigenvalue weighted by atomic mass is 10.1. The van der Waals surface area contributed by atoms with Gasteiger partial charge in [-0.05, 0) is 43.5 Å². The number of hydrogen-bond donors (Lipinski definition) is 5. The Kier molecular flexibility index (Phi) is 11.5. The molecule has 196 valence electrons. The van der Waals surface area contributed by atoms with Gasteiger partial charge in [-0.15, -0.1) is 0 Å². The monoisotopic (exact) mass is 499 g/mol. The third-order valence-electron chi connectivity index (χ3n) is 5.77. The second kappa shape index (κ2) is 14.0. The molecule has 0 aromatic heterocycles. The number of carboxylic acid groups (broad SMARTS) is 1. The van der Waals surface area contributed by atoms with Crippen LogP contribution < -0.4 is 5.73 Å². The Bertz CT molecular complexity index is 841. The van der Waals surface area contributed by atoms with Crippen molar-refractivity contribution in [3.05, 3.63) is 35.6 Å². The van der Waals surface area contributed by atoms with Gasteiger partial charge in [0.25, 0.3) is 5.91 Å². The van der Waals surface area contributed by atoms with Gasteiger partial charge in [0, 0.05) is 44.8 Å². The van der Waals surface area contributed by atoms with Crippen molar-refractivity contribution in [1.29, 1.82) is 0 Å². The van der Waals surface area contributed by atoms with Crippen LogP contribution in [0.15, 0.2) is 24.3 Å². The summed E-state index contributed by atoms with van der Waals surface area (Å²) in [5, 5.41) is 39.7. The molecule has 1 aromatic carbocycles. The highest BCUT2D eigenvalue weighted by Gasteiger charge is 2.30. The molecule has 0 unspecified atom stereocenters. The van der Waals surface area contributed by atoms with Crippen LogP contribution in [-0.4, -0.2) is 112 Å². The number of benzene rings is 1. The number of carbonyl (C=O) groups excluding carboxylic acids is 2. The van der Waals surface area contributed by atoms with Gasteiger partial charge < -0.3 is 40.7 Å². The van der Waals surface area contributed by atoms with E-state index in [1.54, 1.807) is 0 Å². The lowest BCUT2D eigenvalue weighted by Gasteiger charge is -2.33. The molecular weight excluding hydrogens is 465 g/mol. The number of hydrogen-bond acceptors (Lipinski definition) is 8. The summed E-state index contributed by atoms with van der Waals surface area (Å²) in [5.74, 6) is -2.65. The predicted molar refractivity (Wildman–Crippen MR) is 122 cm³/mol. The molecular formula is C23H34FN3O8. The van der Waals surface area contributed by atoms with Crippen LogP contribution in [0.2, 0.25) is 0 Å². The van der Waals surface area contributed by atoms with Gasteiger partial charge in [0.1, 0.15) is 24.1 Å². The summed E-state index contributed by atoms with van der Waals surface area (Å²) >= 11 is 0. The first kappa shape index (κ1) is 28.6. The van der Waals surface area contributed by atoms with E-state index in [0.717, 1.165) is 12.1 Å². The predicted octanol–water partition coefficient (Wildman–Crippen LogP) is -0.818. The largest absolute Gasteiger partial charge is 0.481 e. The zero-order chi connectivity index (χ0) is 26.0. The highest BCUT2D eigenvalue weighted by Crippen LogP contribution is 2.12. The van der Waals surface area contributed by atoms with Gasteiger partial charge in [-0.1, -0.05) is 0 Å². The van der Waals surface area contributed by atoms with Crippen molar-refractivity contribution in [3.63, 3.8) is 0 Å². The van der Waals surface area contributed by atoms with Crippen LogP contribution in [-0.2, 0) is 14.3 Å². The van der Waals surface area contributed by atoms with Crippen molar-refractivity contribution in [3.8, 4) is 0 Å². The molecule has 0 bridgehead atoms. The minimum atomic E-state index is -1.59. The maximum absolute atomic E-state index is 13.3. The molecule has 2 rings (SSSR count). The van der Waals surface area contributed by atoms with E-state index in [2.05, 4.69) is 0 Å². The normalized spacial score (nSPS) is 23.9. The molecule has 6 N–H and O–H groups in total. The molecule has 1 heterocycles. The summed E-state index contributed by atoms with van der Waals surface area (Å²) in [5.41, 5.74) is 6.05. The minimum Gasteiger partial charge on any atom is -0.481 e. The zero-order valence-corrected chi connectivity index (χ0v) is 19.5. The number of nitrogens with zero attached hydrogens (tertiary/aromatic N) is 2. The van der Waals surface area contributed by atoms with E-state index in [4.69, 9.17) is 15.6 Å². The SMILES string of the molecule is N[C@@H](CCC(=O)O)C(=O)N1CCCCOC[C@@H](O)[C@H](O)[C@@H](O)CN(C(=O)c2ccc(F)cc2)CC1. The number of β-amino-alcohol motifs (C(OH)–C–C–N with tert-alkyl or cyclic N) is 1. The van der Waals surface area contributed by atoms with E-state index in [1.807, 2.05) is 0 Å². The van der Waals surface area contributed by atoms with Crippen molar-refractivity contribution >= 4 is 17.8 Å². The van der Waals surface area contributed by atoms with E-state index < -0.39 is 48.0 Å². The fourth-order valence-electron chi connectivity index (χ4n) is 3.66. The van der Waals surface area contributed by atoms with E-state index in [0.29, 0.717) is 12.8 Å². The average molecular weight is 500 g/mol. The molecule has 0 saturated carbocycles. The van der Waals surface area contributed by atoms with Gasteiger partial charge in [-0.2, -0.15) is 0 Å². The van der Waals surface area contributed by atoms with E-state index in [-0.39, 0.29) is 57.8 Å². The Hall–Kier alpha value is -2.64. The lowest BCUT2D eigenvalue weighted by molar-refractivity contribution is -0.137. The Morgan fingerprint density at radius 1 is 1.03 bits per heavy atom. The molecule has 2 amide bonds. The van der Waals surface area contributed by atoms with Crippen molar-refractivity contribution in [1.82, 2.24) is 9.80 Å². The smallest absolute Gasteiger partial charge is 0.303 e. The second-order valence-corrected chi connectivity index (χ2v) is 8.53. The van der Waals surface area contributed by atoms with Gasteiger partial charge in [0.05, 0.1) is 12.6 Å². The summed E-state index contributed by atoms with van der Waals surface area (Å²) in [6, 6.07) is 3.74. The Balaban J connectivity index is 2.24. The summed E-state index contributed by atoms with van der Waals surface area (Å²) in [6.07, 6.45) is -3.76. The van der Waals surface area contributed by atoms with Gasteiger partial charge in [0.15, 0.2) is 0 Å². The third kappa shape index (κ3) is 9.15. The number of carboxylic acids is 1. The highest BCUT2D eigenvalue weighted by molar-refractivity contribution is 5.94. The van der Waals surface area contributed by atoms with E-state index in [1.165, 1.54) is 21.9 Å². The third-order valence-corrected chi connectivity index (χ3v) is 5.77. The first-order chi connectivity index (χ1) is 16.6. The van der Waals surface area contributed by atoms with Crippen LogP contribution in [0, 0.1) is 5.82 Å². The average Bonchev–Trinajstić information content (AvgIpc) is 2.83. The van der Waals surface area contributed by atoms with Crippen molar-refractivity contribution in [2.45, 2.75) is 50.0 Å². The lowest BCUT2D eigenvalue weighted by Crippen LogP contribution is -2.51. The molecule has 4 atom stereocenters. The Labute approximate surface area is 202 Å². The Morgan fingerprint density at radius 2 is 1.69 bits per heavy atom. The van der Waals surface area contributed by atoms with Crippen molar-refractivity contribution < 1.29 is 43.9 Å². The van der Waals surface area contributed by atoms with Crippen molar-refractivity contribution in [2.75, 3.05) is 39.4 Å². The number of amides is 2. The molecule has 1 fully saturated rings. The van der Waals surface area contributed by atoms with E-state index >= 15 is 0 Å². The van der Waals surface area contributed by atoms with Gasteiger partial charge >= 0.3 is 5.97 Å². The van der Waals surface area contributed by atoms with Crippen LogP contribution in [0.5, 0.6) is 0 Å². The molecule has 1 aliphatic heterocycles. The number of nitrogens with two attached hydrogens (primary N) is 1. The molecule has 1 saturated heterocycles. The second-order valence-electron chi connectivity index (χ2n) is 8.53. The number of aliphatic carboxylic acids is 1. The van der Waals surface area contributed by atoms with Crippen LogP contribution in [0.4, 0.5) is 4.39 Å². The van der Waals surface area contributed by atoms with Crippen LogP contribution in [0.25, 0.3) is 0 Å². The summed E-state index contributed by atoms with van der Waals surface area (Å²) in [6.45, 7) is -0.103. The zero-order valence-electron chi connectivity index (χ0n) is 19.5. The number of carbonyl (C=O) groups is 3. The number of aliphatic hydroxyl groups is 3. The van der Waals surface area contributed by atoms with E-state index in [9.17, 15) is 34.1 Å². The molecule has 1 aromatic rings. The maximum atomic E-state index is 13.3. The van der Waals surface area contributed by atoms with Crippen LogP contribution in [0.3, 0.4) is 0 Å². The standard InChI is InChI=1S/C23H34FN3O8/c24-16-5-3-15(4-6-16)22(33)27-11-10-26(23(34)17(25)7-8-20(30)31)9-1-2-12-35-14-19(29)21(32)18(28)13-27/h3-6,17-19,21,28-29,32H,1-2,7-14,25H2,(H,30,31)/t17-,18-,19+,21+/m0/s1. The molecule has 12 heteroatoms.